The van der Waals surface area contributed by atoms with Gasteiger partial charge in [0.25, 0.3) is 0 Å². The first kappa shape index (κ1) is 18.2. The Kier molecular flexibility index (Phi) is 10.3. The molecule has 0 spiro atoms. The van der Waals surface area contributed by atoms with E-state index in [1.54, 1.807) is 6.26 Å². The predicted octanol–water partition coefficient (Wildman–Crippen LogP) is 4.90. The molecule has 0 aliphatic heterocycles. The van der Waals surface area contributed by atoms with Crippen molar-refractivity contribution in [3.8, 4) is 0 Å². The zero-order valence-electron chi connectivity index (χ0n) is 14.1. The number of hydrogen-bond donors (Lipinski definition) is 1. The van der Waals surface area contributed by atoms with Gasteiger partial charge in [-0.25, -0.2) is 0 Å². The maximum atomic E-state index is 5.73. The van der Waals surface area contributed by atoms with Gasteiger partial charge in [-0.3, -0.25) is 0 Å². The molecule has 1 rings (SSSR count). The Morgan fingerprint density at radius 1 is 1.14 bits per heavy atom. The molecule has 1 N–H and O–H groups in total. The van der Waals surface area contributed by atoms with Gasteiger partial charge in [0.15, 0.2) is 0 Å². The van der Waals surface area contributed by atoms with Crippen LogP contribution in [0.4, 0.5) is 0 Å². The van der Waals surface area contributed by atoms with Gasteiger partial charge < -0.3 is 14.5 Å². The molecule has 1 heterocycles. The number of rotatable bonds is 13. The van der Waals surface area contributed by atoms with Gasteiger partial charge in [-0.1, -0.05) is 52.9 Å². The van der Waals surface area contributed by atoms with E-state index in [9.17, 15) is 0 Å². The molecule has 0 unspecified atom stereocenters. The Balaban J connectivity index is 2.08. The minimum absolute atomic E-state index is 0.598. The summed E-state index contributed by atoms with van der Waals surface area (Å²) >= 11 is 0. The fourth-order valence-electron chi connectivity index (χ4n) is 2.30. The van der Waals surface area contributed by atoms with E-state index in [-0.39, 0.29) is 0 Å². The Labute approximate surface area is 130 Å². The van der Waals surface area contributed by atoms with E-state index in [1.165, 1.54) is 37.7 Å². The van der Waals surface area contributed by atoms with E-state index in [0.717, 1.165) is 31.9 Å². The molecule has 0 aliphatic carbocycles. The SMILES string of the molecule is CCCCCCCCOCc1occc1CNCC(C)C. The highest BCUT2D eigenvalue weighted by Crippen LogP contribution is 2.12. The van der Waals surface area contributed by atoms with Crippen molar-refractivity contribution in [2.45, 2.75) is 72.4 Å². The lowest BCUT2D eigenvalue weighted by molar-refractivity contribution is 0.101. The van der Waals surface area contributed by atoms with Crippen LogP contribution in [0.15, 0.2) is 16.7 Å². The lowest BCUT2D eigenvalue weighted by atomic mass is 10.1. The van der Waals surface area contributed by atoms with Crippen LogP contribution in [0.5, 0.6) is 0 Å². The molecule has 0 aromatic carbocycles. The molecule has 21 heavy (non-hydrogen) atoms. The second-order valence-corrected chi connectivity index (χ2v) is 6.21. The highest BCUT2D eigenvalue weighted by atomic mass is 16.5. The van der Waals surface area contributed by atoms with Crippen LogP contribution < -0.4 is 5.32 Å². The molecule has 0 fully saturated rings. The summed E-state index contributed by atoms with van der Waals surface area (Å²) < 4.78 is 11.2. The summed E-state index contributed by atoms with van der Waals surface area (Å²) in [5.41, 5.74) is 1.22. The molecule has 0 bridgehead atoms. The topological polar surface area (TPSA) is 34.4 Å². The Bertz CT molecular complexity index is 347. The van der Waals surface area contributed by atoms with Crippen molar-refractivity contribution < 1.29 is 9.15 Å². The third-order valence-electron chi connectivity index (χ3n) is 3.58. The highest BCUT2D eigenvalue weighted by Gasteiger charge is 2.06. The first-order chi connectivity index (χ1) is 10.2. The minimum atomic E-state index is 0.598. The lowest BCUT2D eigenvalue weighted by Crippen LogP contribution is -2.19. The van der Waals surface area contributed by atoms with Crippen LogP contribution in [-0.2, 0) is 17.9 Å². The smallest absolute Gasteiger partial charge is 0.133 e. The van der Waals surface area contributed by atoms with Crippen LogP contribution in [0.2, 0.25) is 0 Å². The first-order valence-electron chi connectivity index (χ1n) is 8.57. The Hall–Kier alpha value is -0.800. The van der Waals surface area contributed by atoms with E-state index in [1.807, 2.05) is 6.07 Å². The summed E-state index contributed by atoms with van der Waals surface area (Å²) in [5.74, 6) is 1.64. The van der Waals surface area contributed by atoms with Crippen LogP contribution in [0.1, 0.15) is 70.6 Å². The van der Waals surface area contributed by atoms with E-state index < -0.39 is 0 Å². The van der Waals surface area contributed by atoms with Crippen LogP contribution in [0.3, 0.4) is 0 Å². The van der Waals surface area contributed by atoms with Crippen LogP contribution in [-0.4, -0.2) is 13.2 Å². The maximum Gasteiger partial charge on any atom is 0.133 e. The molecule has 0 saturated carbocycles. The summed E-state index contributed by atoms with van der Waals surface area (Å²) in [6.07, 6.45) is 9.56. The van der Waals surface area contributed by atoms with Crippen LogP contribution >= 0.6 is 0 Å². The first-order valence-corrected chi connectivity index (χ1v) is 8.57. The molecule has 0 amide bonds. The van der Waals surface area contributed by atoms with Gasteiger partial charge in [0.2, 0.25) is 0 Å². The van der Waals surface area contributed by atoms with Crippen molar-refractivity contribution in [1.82, 2.24) is 5.32 Å². The fraction of sp³-hybridized carbons (Fsp3) is 0.778. The third kappa shape index (κ3) is 8.94. The molecule has 0 aliphatic rings. The monoisotopic (exact) mass is 295 g/mol. The van der Waals surface area contributed by atoms with Crippen molar-refractivity contribution in [3.63, 3.8) is 0 Å². The third-order valence-corrected chi connectivity index (χ3v) is 3.58. The average Bonchev–Trinajstić information content (AvgIpc) is 2.89. The molecule has 3 nitrogen and oxygen atoms in total. The van der Waals surface area contributed by atoms with E-state index in [0.29, 0.717) is 12.5 Å². The van der Waals surface area contributed by atoms with Crippen molar-refractivity contribution >= 4 is 0 Å². The van der Waals surface area contributed by atoms with Crippen LogP contribution in [0.25, 0.3) is 0 Å². The quantitative estimate of drug-likeness (QED) is 0.525. The molecule has 3 heteroatoms. The summed E-state index contributed by atoms with van der Waals surface area (Å²) in [5, 5.41) is 3.44. The maximum absolute atomic E-state index is 5.73. The van der Waals surface area contributed by atoms with Crippen molar-refractivity contribution in [1.29, 1.82) is 0 Å². The second-order valence-electron chi connectivity index (χ2n) is 6.21. The zero-order valence-corrected chi connectivity index (χ0v) is 14.1. The largest absolute Gasteiger partial charge is 0.467 e. The summed E-state index contributed by atoms with van der Waals surface area (Å²) in [4.78, 5) is 0. The van der Waals surface area contributed by atoms with Crippen molar-refractivity contribution in [3.05, 3.63) is 23.7 Å². The average molecular weight is 295 g/mol. The molecule has 0 saturated heterocycles. The van der Waals surface area contributed by atoms with Crippen molar-refractivity contribution in [2.24, 2.45) is 5.92 Å². The van der Waals surface area contributed by atoms with Crippen molar-refractivity contribution in [2.75, 3.05) is 13.2 Å². The lowest BCUT2D eigenvalue weighted by Gasteiger charge is -2.08. The van der Waals surface area contributed by atoms with Crippen LogP contribution in [0, 0.1) is 5.92 Å². The summed E-state index contributed by atoms with van der Waals surface area (Å²) in [6, 6.07) is 2.04. The molecule has 122 valence electrons. The van der Waals surface area contributed by atoms with Gasteiger partial charge >= 0.3 is 0 Å². The molecular weight excluding hydrogens is 262 g/mol. The van der Waals surface area contributed by atoms with Gasteiger partial charge in [-0.2, -0.15) is 0 Å². The standard InChI is InChI=1S/C18H33NO2/c1-4-5-6-7-8-9-11-20-15-18-17(10-12-21-18)14-19-13-16(2)3/h10,12,16,19H,4-9,11,13-15H2,1-3H3. The highest BCUT2D eigenvalue weighted by molar-refractivity contribution is 5.16. The van der Waals surface area contributed by atoms with Gasteiger partial charge in [0, 0.05) is 18.7 Å². The molecular formula is C18H33NO2. The second kappa shape index (κ2) is 11.8. The van der Waals surface area contributed by atoms with E-state index in [4.69, 9.17) is 9.15 Å². The van der Waals surface area contributed by atoms with E-state index in [2.05, 4.69) is 26.1 Å². The predicted molar refractivity (Wildman–Crippen MR) is 88.3 cm³/mol. The number of unbranched alkanes of at least 4 members (excludes halogenated alkanes) is 5. The number of ether oxygens (including phenoxy) is 1. The zero-order chi connectivity index (χ0) is 15.3. The number of furan rings is 1. The van der Waals surface area contributed by atoms with Gasteiger partial charge in [0.1, 0.15) is 12.4 Å². The molecule has 1 aromatic rings. The van der Waals surface area contributed by atoms with Gasteiger partial charge in [-0.05, 0) is 24.9 Å². The number of hydrogen-bond acceptors (Lipinski definition) is 3. The molecule has 1 aromatic heterocycles. The molecule has 0 radical (unpaired) electrons. The van der Waals surface area contributed by atoms with E-state index >= 15 is 0 Å². The summed E-state index contributed by atoms with van der Waals surface area (Å²) in [6.45, 7) is 10.0. The normalized spacial score (nSPS) is 11.4. The fourth-order valence-corrected chi connectivity index (χ4v) is 2.30. The molecule has 0 atom stereocenters. The summed E-state index contributed by atoms with van der Waals surface area (Å²) in [7, 11) is 0. The minimum Gasteiger partial charge on any atom is -0.467 e. The Morgan fingerprint density at radius 2 is 1.90 bits per heavy atom. The van der Waals surface area contributed by atoms with Gasteiger partial charge in [-0.15, -0.1) is 0 Å². The Morgan fingerprint density at radius 3 is 2.67 bits per heavy atom. The number of nitrogens with one attached hydrogen (secondary N) is 1. The van der Waals surface area contributed by atoms with Gasteiger partial charge in [0.05, 0.1) is 6.26 Å².